The minimum Gasteiger partial charge on any atom is -0.404 e. The number of ketones is 1. The first-order chi connectivity index (χ1) is 18.9. The normalized spacial score (nSPS) is 39.8. The van der Waals surface area contributed by atoms with Crippen LogP contribution in [-0.4, -0.2) is 42.6 Å². The van der Waals surface area contributed by atoms with Gasteiger partial charge in [-0.1, -0.05) is 95.3 Å². The molecule has 216 valence electrons. The molecule has 0 bridgehead atoms. The highest BCUT2D eigenvalue weighted by atomic mass is 28.4. The Balaban J connectivity index is 1.34. The minimum atomic E-state index is -2.71. The Bertz CT molecular complexity index is 1190. The van der Waals surface area contributed by atoms with Gasteiger partial charge < -0.3 is 14.6 Å². The average Bonchev–Trinajstić information content (AvgIpc) is 3.25. The second kappa shape index (κ2) is 9.90. The van der Waals surface area contributed by atoms with E-state index in [0.717, 1.165) is 38.5 Å². The Hall–Kier alpha value is -1.79. The standard InChI is InChI=1S/C35H48O4Si/c1-33(2,3)40(24-12-8-6-9-13-24,25-14-10-7-11-15-25)39-23-18-20-34(4)27-19-21-35(5)26(16-17-29(35)36)30(27)32(38)31(37)28(34)22-23/h6-15,23,26-28,30-32,37-38H,16-22H2,1-5H3/t23-,26-,27-,28+,30-,31+,32+,34+,35-/m0/s1. The van der Waals surface area contributed by atoms with Gasteiger partial charge in [0, 0.05) is 17.9 Å². The summed E-state index contributed by atoms with van der Waals surface area (Å²) in [5, 5.41) is 25.9. The Kier molecular flexibility index (Phi) is 7.01. The number of fused-ring (bicyclic) bond motifs is 5. The molecule has 2 aromatic rings. The average molecular weight is 561 g/mol. The van der Waals surface area contributed by atoms with E-state index in [1.165, 1.54) is 10.4 Å². The summed E-state index contributed by atoms with van der Waals surface area (Å²) >= 11 is 0. The van der Waals surface area contributed by atoms with Crippen molar-refractivity contribution in [2.45, 2.75) is 103 Å². The predicted molar refractivity (Wildman–Crippen MR) is 162 cm³/mol. The second-order valence-corrected chi connectivity index (χ2v) is 19.2. The van der Waals surface area contributed by atoms with Crippen molar-refractivity contribution >= 4 is 24.5 Å². The van der Waals surface area contributed by atoms with Gasteiger partial charge in [-0.2, -0.15) is 0 Å². The lowest BCUT2D eigenvalue weighted by molar-refractivity contribution is -0.218. The molecule has 2 N–H and O–H groups in total. The Morgan fingerprint density at radius 1 is 0.800 bits per heavy atom. The zero-order valence-electron chi connectivity index (χ0n) is 25.0. The molecule has 0 aromatic heterocycles. The third kappa shape index (κ3) is 4.05. The van der Waals surface area contributed by atoms with Crippen molar-refractivity contribution in [2.75, 3.05) is 0 Å². The summed E-state index contributed by atoms with van der Waals surface area (Å²) in [6.45, 7) is 11.5. The molecule has 0 heterocycles. The number of hydrogen-bond acceptors (Lipinski definition) is 4. The number of carbonyl (C=O) groups excluding carboxylic acids is 1. The molecule has 0 spiro atoms. The van der Waals surface area contributed by atoms with Crippen LogP contribution in [0.3, 0.4) is 0 Å². The first-order valence-electron chi connectivity index (χ1n) is 15.6. The van der Waals surface area contributed by atoms with E-state index in [1.807, 2.05) is 0 Å². The largest absolute Gasteiger partial charge is 0.404 e. The summed E-state index contributed by atoms with van der Waals surface area (Å²) in [6.07, 6.45) is 4.56. The maximum absolute atomic E-state index is 12.9. The smallest absolute Gasteiger partial charge is 0.261 e. The minimum absolute atomic E-state index is 0.00981. The lowest BCUT2D eigenvalue weighted by Crippen LogP contribution is -2.69. The molecule has 0 radical (unpaired) electrons. The van der Waals surface area contributed by atoms with Crippen LogP contribution in [0.5, 0.6) is 0 Å². The Morgan fingerprint density at radius 2 is 1.40 bits per heavy atom. The van der Waals surface area contributed by atoms with Crippen LogP contribution in [0.25, 0.3) is 0 Å². The van der Waals surface area contributed by atoms with Crippen LogP contribution in [-0.2, 0) is 9.22 Å². The third-order valence-corrected chi connectivity index (χ3v) is 17.3. The molecule has 9 atom stereocenters. The quantitative estimate of drug-likeness (QED) is 0.486. The van der Waals surface area contributed by atoms with Crippen molar-refractivity contribution in [1.82, 2.24) is 0 Å². The van der Waals surface area contributed by atoms with E-state index in [1.54, 1.807) is 0 Å². The highest BCUT2D eigenvalue weighted by Gasteiger charge is 2.65. The summed E-state index contributed by atoms with van der Waals surface area (Å²) < 4.78 is 7.53. The van der Waals surface area contributed by atoms with Crippen LogP contribution >= 0.6 is 0 Å². The summed E-state index contributed by atoms with van der Waals surface area (Å²) in [5.41, 5.74) is -0.379. The van der Waals surface area contributed by atoms with Crippen molar-refractivity contribution < 1.29 is 19.4 Å². The number of aliphatic hydroxyl groups is 2. The zero-order valence-corrected chi connectivity index (χ0v) is 26.0. The molecule has 0 unspecified atom stereocenters. The van der Waals surface area contributed by atoms with E-state index in [4.69, 9.17) is 4.43 Å². The zero-order chi connectivity index (χ0) is 28.5. The van der Waals surface area contributed by atoms with Gasteiger partial charge in [0.25, 0.3) is 8.32 Å². The summed E-state index contributed by atoms with van der Waals surface area (Å²) in [7, 11) is -2.71. The highest BCUT2D eigenvalue weighted by Crippen LogP contribution is 2.65. The van der Waals surface area contributed by atoms with E-state index in [9.17, 15) is 15.0 Å². The van der Waals surface area contributed by atoms with Gasteiger partial charge in [0.1, 0.15) is 5.78 Å². The molecule has 6 rings (SSSR count). The highest BCUT2D eigenvalue weighted by molar-refractivity contribution is 6.99. The fraction of sp³-hybridized carbons (Fsp3) is 0.629. The monoisotopic (exact) mass is 560 g/mol. The first-order valence-corrected chi connectivity index (χ1v) is 17.5. The SMILES string of the molecule is CC(C)(C)[Si](O[C@H]1CC[C@@]2(C)[C@H](C1)[C@@H](O)[C@H](O)[C@@H]1[C@@H]2CC[C@]2(C)C(=O)CC[C@@H]12)(c1ccccc1)c1ccccc1. The van der Waals surface area contributed by atoms with Crippen LogP contribution < -0.4 is 10.4 Å². The number of Topliss-reactive ketones (excluding diaryl/α,β-unsaturated/α-hetero) is 1. The van der Waals surface area contributed by atoms with Crippen LogP contribution in [0, 0.1) is 34.5 Å². The fourth-order valence-electron chi connectivity index (χ4n) is 10.0. The maximum Gasteiger partial charge on any atom is 0.261 e. The van der Waals surface area contributed by atoms with Gasteiger partial charge in [0.05, 0.1) is 12.2 Å². The van der Waals surface area contributed by atoms with E-state index in [0.29, 0.717) is 18.1 Å². The van der Waals surface area contributed by atoms with Crippen molar-refractivity contribution in [1.29, 1.82) is 0 Å². The molecule has 4 nitrogen and oxygen atoms in total. The number of benzene rings is 2. The predicted octanol–water partition coefficient (Wildman–Crippen LogP) is 5.49. The third-order valence-electron chi connectivity index (χ3n) is 12.2. The number of rotatable bonds is 4. The van der Waals surface area contributed by atoms with Crippen LogP contribution in [0.4, 0.5) is 0 Å². The molecule has 2 aromatic carbocycles. The first kappa shape index (κ1) is 28.3. The van der Waals surface area contributed by atoms with Gasteiger partial charge >= 0.3 is 0 Å². The lowest BCUT2D eigenvalue weighted by atomic mass is 9.44. The number of hydrogen-bond donors (Lipinski definition) is 2. The lowest BCUT2D eigenvalue weighted by Gasteiger charge is -2.63. The van der Waals surface area contributed by atoms with E-state index >= 15 is 0 Å². The van der Waals surface area contributed by atoms with Gasteiger partial charge in [-0.15, -0.1) is 0 Å². The molecule has 4 fully saturated rings. The van der Waals surface area contributed by atoms with E-state index in [-0.39, 0.29) is 39.7 Å². The molecule has 0 saturated heterocycles. The molecule has 4 aliphatic rings. The van der Waals surface area contributed by atoms with Crippen LogP contribution in [0.15, 0.2) is 60.7 Å². The molecule has 40 heavy (non-hydrogen) atoms. The molecule has 4 aliphatic carbocycles. The molecule has 0 aliphatic heterocycles. The Labute approximate surface area is 241 Å². The van der Waals surface area contributed by atoms with Gasteiger partial charge in [0.15, 0.2) is 0 Å². The maximum atomic E-state index is 12.9. The number of carbonyl (C=O) groups is 1. The van der Waals surface area contributed by atoms with Gasteiger partial charge in [-0.25, -0.2) is 0 Å². The Morgan fingerprint density at radius 3 is 1.98 bits per heavy atom. The van der Waals surface area contributed by atoms with Gasteiger partial charge in [0.2, 0.25) is 0 Å². The van der Waals surface area contributed by atoms with Gasteiger partial charge in [-0.05, 0) is 83.0 Å². The van der Waals surface area contributed by atoms with E-state index in [2.05, 4.69) is 95.3 Å². The van der Waals surface area contributed by atoms with Crippen molar-refractivity contribution in [2.24, 2.45) is 34.5 Å². The fourth-order valence-corrected chi connectivity index (χ4v) is 14.8. The van der Waals surface area contributed by atoms with Crippen molar-refractivity contribution in [3.63, 3.8) is 0 Å². The van der Waals surface area contributed by atoms with E-state index < -0.39 is 20.5 Å². The van der Waals surface area contributed by atoms with Crippen LogP contribution in [0.2, 0.25) is 5.04 Å². The topological polar surface area (TPSA) is 66.8 Å². The van der Waals surface area contributed by atoms with Crippen molar-refractivity contribution in [3.8, 4) is 0 Å². The van der Waals surface area contributed by atoms with Crippen molar-refractivity contribution in [3.05, 3.63) is 60.7 Å². The molecule has 0 amide bonds. The molecule has 5 heteroatoms. The molecular weight excluding hydrogens is 512 g/mol. The van der Waals surface area contributed by atoms with Gasteiger partial charge in [-0.3, -0.25) is 4.79 Å². The summed E-state index contributed by atoms with van der Waals surface area (Å²) in [5.74, 6) is 0.894. The summed E-state index contributed by atoms with van der Waals surface area (Å²) in [6, 6.07) is 21.6. The van der Waals surface area contributed by atoms with Crippen LogP contribution in [0.1, 0.15) is 79.6 Å². The second-order valence-electron chi connectivity index (χ2n) is 15.0. The molecule has 4 saturated carbocycles. The number of aliphatic hydroxyl groups excluding tert-OH is 2. The molecular formula is C35H48O4Si. The summed E-state index contributed by atoms with van der Waals surface area (Å²) in [4.78, 5) is 12.9.